The summed E-state index contributed by atoms with van der Waals surface area (Å²) in [5.74, 6) is -1.67. The highest BCUT2D eigenvalue weighted by Crippen LogP contribution is 2.37. The summed E-state index contributed by atoms with van der Waals surface area (Å²) in [5.41, 5.74) is 5.65. The topological polar surface area (TPSA) is 107 Å². The molecule has 1 aromatic heterocycles. The molecule has 1 saturated heterocycles. The summed E-state index contributed by atoms with van der Waals surface area (Å²) in [4.78, 5) is 60.1. The van der Waals surface area contributed by atoms with Gasteiger partial charge in [0.1, 0.15) is 5.25 Å². The third kappa shape index (κ3) is 4.84. The zero-order valence-electron chi connectivity index (χ0n) is 20.6. The normalized spacial score (nSPS) is 15.7. The minimum atomic E-state index is -0.669. The summed E-state index contributed by atoms with van der Waals surface area (Å²) in [6, 6.07) is 21.3. The highest BCUT2D eigenvalue weighted by atomic mass is 32.2. The number of nitrogens with zero attached hydrogens (tertiary/aromatic N) is 3. The van der Waals surface area contributed by atoms with Gasteiger partial charge in [-0.1, -0.05) is 48.2 Å². The third-order valence-corrected chi connectivity index (χ3v) is 7.78. The summed E-state index contributed by atoms with van der Waals surface area (Å²) >= 11 is 1.14. The van der Waals surface area contributed by atoms with Crippen LogP contribution in [-0.4, -0.2) is 45.4 Å². The number of imide groups is 1. The largest absolute Gasteiger partial charge is 0.454 e. The second-order valence-corrected chi connectivity index (χ2v) is 10.3. The van der Waals surface area contributed by atoms with E-state index in [0.29, 0.717) is 16.4 Å². The van der Waals surface area contributed by atoms with Gasteiger partial charge < -0.3 is 4.74 Å². The number of hydrogen-bond donors (Lipinski definition) is 0. The van der Waals surface area contributed by atoms with Crippen molar-refractivity contribution in [1.82, 2.24) is 9.97 Å². The number of Topliss-reactive ketones (excluding diaryl/α,β-unsaturated/α-hetero) is 1. The molecule has 4 aromatic rings. The second kappa shape index (κ2) is 10.3. The van der Waals surface area contributed by atoms with Gasteiger partial charge in [-0.25, -0.2) is 19.7 Å². The van der Waals surface area contributed by atoms with E-state index in [-0.39, 0.29) is 29.6 Å². The Hall–Kier alpha value is -4.63. The van der Waals surface area contributed by atoms with Gasteiger partial charge in [0.05, 0.1) is 11.3 Å². The molecule has 1 unspecified atom stereocenters. The Kier molecular flexibility index (Phi) is 6.50. The number of ether oxygens (including phenoxy) is 1. The summed E-state index contributed by atoms with van der Waals surface area (Å²) < 4.78 is 5.26. The number of hydrogen-bond acceptors (Lipinski definition) is 8. The Balaban J connectivity index is 1.07. The highest BCUT2D eigenvalue weighted by molar-refractivity contribution is 8.00. The number of fused-ring (bicyclic) bond motifs is 3. The number of anilines is 1. The molecule has 0 saturated carbocycles. The van der Waals surface area contributed by atoms with Crippen LogP contribution >= 0.6 is 11.8 Å². The van der Waals surface area contributed by atoms with Gasteiger partial charge in [-0.15, -0.1) is 0 Å². The van der Waals surface area contributed by atoms with Crippen LogP contribution in [0.25, 0.3) is 11.1 Å². The Morgan fingerprint density at radius 3 is 2.38 bits per heavy atom. The molecule has 0 N–H and O–H groups in total. The number of benzene rings is 3. The van der Waals surface area contributed by atoms with E-state index < -0.39 is 17.8 Å². The Labute approximate surface area is 228 Å². The van der Waals surface area contributed by atoms with Crippen molar-refractivity contribution in [3.05, 3.63) is 107 Å². The minimum absolute atomic E-state index is 0.0302. The van der Waals surface area contributed by atoms with Crippen LogP contribution in [0.3, 0.4) is 0 Å². The monoisotopic (exact) mass is 535 g/mol. The lowest BCUT2D eigenvalue weighted by Gasteiger charge is -2.15. The lowest BCUT2D eigenvalue weighted by Crippen LogP contribution is -2.31. The van der Waals surface area contributed by atoms with E-state index >= 15 is 0 Å². The average Bonchev–Trinajstić information content (AvgIpc) is 3.47. The average molecular weight is 536 g/mol. The maximum absolute atomic E-state index is 12.9. The smallest absolute Gasteiger partial charge is 0.338 e. The first-order valence-electron chi connectivity index (χ1n) is 12.3. The molecule has 3 aromatic carbocycles. The molecule has 2 heterocycles. The number of ketones is 1. The van der Waals surface area contributed by atoms with Crippen molar-refractivity contribution in [3.8, 4) is 11.1 Å². The fourth-order valence-corrected chi connectivity index (χ4v) is 5.73. The van der Waals surface area contributed by atoms with Crippen molar-refractivity contribution < 1.29 is 23.9 Å². The van der Waals surface area contributed by atoms with Gasteiger partial charge in [0, 0.05) is 24.4 Å². The molecule has 0 radical (unpaired) electrons. The van der Waals surface area contributed by atoms with Crippen LogP contribution in [0.4, 0.5) is 5.69 Å². The van der Waals surface area contributed by atoms with Crippen LogP contribution in [0.1, 0.15) is 38.3 Å². The molecule has 0 spiro atoms. The molecular weight excluding hydrogens is 514 g/mol. The van der Waals surface area contributed by atoms with E-state index in [2.05, 4.69) is 22.1 Å². The number of carbonyl (C=O) groups is 4. The van der Waals surface area contributed by atoms with E-state index in [0.717, 1.165) is 34.2 Å². The van der Waals surface area contributed by atoms with Crippen LogP contribution in [0.15, 0.2) is 90.3 Å². The fourth-order valence-electron chi connectivity index (χ4n) is 4.80. The Bertz CT molecular complexity index is 1620. The third-order valence-electron chi connectivity index (χ3n) is 6.71. The lowest BCUT2D eigenvalue weighted by atomic mass is 10.0. The molecule has 1 aliphatic heterocycles. The number of thioether (sulfide) groups is 1. The van der Waals surface area contributed by atoms with Crippen molar-refractivity contribution in [2.24, 2.45) is 0 Å². The van der Waals surface area contributed by atoms with E-state index in [1.165, 1.54) is 35.4 Å². The summed E-state index contributed by atoms with van der Waals surface area (Å²) in [6.45, 7) is -0.393. The lowest BCUT2D eigenvalue weighted by molar-refractivity contribution is -0.121. The van der Waals surface area contributed by atoms with E-state index in [4.69, 9.17) is 4.74 Å². The standard InChI is InChI=1S/C30H21N3O5S/c34-25(20-8-11-24-21(15-20)14-19-4-1-2-5-23(19)24)17-38-29(37)18-6-9-22(10-7-18)33-27(35)16-26(28(33)36)39-30-31-12-3-13-32-30/h1-13,15,26H,14,16-17H2. The first kappa shape index (κ1) is 24.7. The molecule has 6 rings (SSSR count). The zero-order chi connectivity index (χ0) is 26.9. The first-order valence-corrected chi connectivity index (χ1v) is 13.2. The molecule has 1 atom stereocenters. The van der Waals surface area contributed by atoms with Gasteiger partial charge >= 0.3 is 5.97 Å². The summed E-state index contributed by atoms with van der Waals surface area (Å²) in [7, 11) is 0. The van der Waals surface area contributed by atoms with Crippen LogP contribution in [0.2, 0.25) is 0 Å². The summed E-state index contributed by atoms with van der Waals surface area (Å²) in [6.07, 6.45) is 3.94. The van der Waals surface area contributed by atoms with Crippen molar-refractivity contribution in [3.63, 3.8) is 0 Å². The maximum atomic E-state index is 12.9. The van der Waals surface area contributed by atoms with Gasteiger partial charge in [0.15, 0.2) is 17.5 Å². The molecule has 39 heavy (non-hydrogen) atoms. The van der Waals surface area contributed by atoms with Crippen molar-refractivity contribution in [2.75, 3.05) is 11.5 Å². The number of amides is 2. The van der Waals surface area contributed by atoms with Crippen molar-refractivity contribution in [1.29, 1.82) is 0 Å². The SMILES string of the molecule is O=C(COC(=O)c1ccc(N2C(=O)CC(Sc3ncccn3)C2=O)cc1)c1ccc2c(c1)Cc1ccccc1-2. The molecular formula is C30H21N3O5S. The molecule has 1 aliphatic carbocycles. The highest BCUT2D eigenvalue weighted by Gasteiger charge is 2.40. The van der Waals surface area contributed by atoms with Gasteiger partial charge in [-0.3, -0.25) is 14.4 Å². The van der Waals surface area contributed by atoms with Crippen LogP contribution in [0.5, 0.6) is 0 Å². The van der Waals surface area contributed by atoms with Crippen molar-refractivity contribution >= 4 is 41.0 Å². The predicted octanol–water partition coefficient (Wildman–Crippen LogP) is 4.51. The van der Waals surface area contributed by atoms with Crippen molar-refractivity contribution in [2.45, 2.75) is 23.2 Å². The molecule has 2 amide bonds. The zero-order valence-corrected chi connectivity index (χ0v) is 21.4. The number of esters is 1. The molecule has 2 aliphatic rings. The van der Waals surface area contributed by atoms with E-state index in [1.54, 1.807) is 24.5 Å². The Morgan fingerprint density at radius 2 is 1.59 bits per heavy atom. The number of aromatic nitrogens is 2. The number of rotatable bonds is 7. The number of carbonyl (C=O) groups excluding carboxylic acids is 4. The molecule has 8 nitrogen and oxygen atoms in total. The predicted molar refractivity (Wildman–Crippen MR) is 145 cm³/mol. The Morgan fingerprint density at radius 1 is 0.872 bits per heavy atom. The molecule has 1 fully saturated rings. The minimum Gasteiger partial charge on any atom is -0.454 e. The van der Waals surface area contributed by atoms with Crippen LogP contribution in [0, 0.1) is 0 Å². The fraction of sp³-hybridized carbons (Fsp3) is 0.133. The van der Waals surface area contributed by atoms with Crippen LogP contribution < -0.4 is 4.90 Å². The molecule has 192 valence electrons. The quantitative estimate of drug-likeness (QED) is 0.130. The molecule has 9 heteroatoms. The van der Waals surface area contributed by atoms with Gasteiger partial charge in [0.25, 0.3) is 0 Å². The van der Waals surface area contributed by atoms with E-state index in [1.807, 2.05) is 24.3 Å². The van der Waals surface area contributed by atoms with Crippen LogP contribution in [-0.2, 0) is 20.7 Å². The van der Waals surface area contributed by atoms with Gasteiger partial charge in [-0.2, -0.15) is 0 Å². The maximum Gasteiger partial charge on any atom is 0.338 e. The van der Waals surface area contributed by atoms with Gasteiger partial charge in [-0.05, 0) is 65.1 Å². The first-order chi connectivity index (χ1) is 19.0. The summed E-state index contributed by atoms with van der Waals surface area (Å²) in [5, 5.41) is -0.202. The molecule has 0 bridgehead atoms. The van der Waals surface area contributed by atoms with E-state index in [9.17, 15) is 19.2 Å². The van der Waals surface area contributed by atoms with Gasteiger partial charge in [0.2, 0.25) is 11.8 Å². The second-order valence-electron chi connectivity index (χ2n) is 9.16.